The number of benzene rings is 2. The minimum atomic E-state index is -0.248. The van der Waals surface area contributed by atoms with Crippen LogP contribution in [-0.4, -0.2) is 18.1 Å². The molecule has 0 aromatic heterocycles. The van der Waals surface area contributed by atoms with E-state index in [2.05, 4.69) is 5.32 Å². The SMILES string of the molecule is COCc1ccccc1NC(=O)c1cccc(O)c1C. The molecule has 4 heteroatoms. The highest BCUT2D eigenvalue weighted by Gasteiger charge is 2.13. The van der Waals surface area contributed by atoms with Crippen molar-refractivity contribution in [2.24, 2.45) is 0 Å². The second-order valence-electron chi connectivity index (χ2n) is 4.49. The molecule has 1 amide bonds. The predicted octanol–water partition coefficient (Wildman–Crippen LogP) is 3.10. The number of phenolic OH excluding ortho intramolecular Hbond substituents is 1. The molecule has 4 nitrogen and oxygen atoms in total. The van der Waals surface area contributed by atoms with Crippen molar-refractivity contribution in [1.29, 1.82) is 0 Å². The van der Waals surface area contributed by atoms with Crippen LogP contribution in [0.1, 0.15) is 21.5 Å². The minimum absolute atomic E-state index is 0.114. The molecule has 2 aromatic rings. The van der Waals surface area contributed by atoms with E-state index < -0.39 is 0 Å². The van der Waals surface area contributed by atoms with Crippen LogP contribution < -0.4 is 5.32 Å². The van der Waals surface area contributed by atoms with Crippen LogP contribution in [-0.2, 0) is 11.3 Å². The molecule has 2 aromatic carbocycles. The van der Waals surface area contributed by atoms with E-state index in [0.717, 1.165) is 5.56 Å². The molecular weight excluding hydrogens is 254 g/mol. The molecule has 0 atom stereocenters. The molecule has 0 fully saturated rings. The summed E-state index contributed by atoms with van der Waals surface area (Å²) in [5.74, 6) is -0.134. The van der Waals surface area contributed by atoms with Gasteiger partial charge >= 0.3 is 0 Å². The Bertz CT molecular complexity index is 623. The zero-order chi connectivity index (χ0) is 14.5. The van der Waals surface area contributed by atoms with Gasteiger partial charge in [0.25, 0.3) is 5.91 Å². The Labute approximate surface area is 118 Å². The zero-order valence-electron chi connectivity index (χ0n) is 11.5. The van der Waals surface area contributed by atoms with E-state index in [1.807, 2.05) is 24.3 Å². The van der Waals surface area contributed by atoms with Crippen molar-refractivity contribution in [3.8, 4) is 5.75 Å². The van der Waals surface area contributed by atoms with Gasteiger partial charge in [0.1, 0.15) is 5.75 Å². The summed E-state index contributed by atoms with van der Waals surface area (Å²) in [6.45, 7) is 2.14. The van der Waals surface area contributed by atoms with Crippen LogP contribution in [0, 0.1) is 6.92 Å². The lowest BCUT2D eigenvalue weighted by atomic mass is 10.1. The highest BCUT2D eigenvalue weighted by molar-refractivity contribution is 6.06. The molecule has 0 radical (unpaired) electrons. The van der Waals surface area contributed by atoms with Crippen molar-refractivity contribution >= 4 is 11.6 Å². The van der Waals surface area contributed by atoms with Gasteiger partial charge in [-0.05, 0) is 25.1 Å². The summed E-state index contributed by atoms with van der Waals surface area (Å²) < 4.78 is 5.11. The maximum atomic E-state index is 12.3. The number of amides is 1. The lowest BCUT2D eigenvalue weighted by molar-refractivity contribution is 0.102. The molecule has 2 N–H and O–H groups in total. The maximum absolute atomic E-state index is 12.3. The fourth-order valence-corrected chi connectivity index (χ4v) is 1.98. The number of ether oxygens (including phenoxy) is 1. The molecule has 0 heterocycles. The lowest BCUT2D eigenvalue weighted by Gasteiger charge is -2.12. The van der Waals surface area contributed by atoms with E-state index in [1.165, 1.54) is 0 Å². The highest BCUT2D eigenvalue weighted by atomic mass is 16.5. The standard InChI is InChI=1S/C16H17NO3/c1-11-13(7-5-9-15(11)18)16(19)17-14-8-4-3-6-12(14)10-20-2/h3-9,18H,10H2,1-2H3,(H,17,19). The number of para-hydroxylation sites is 1. The van der Waals surface area contributed by atoms with Gasteiger partial charge in [0.05, 0.1) is 6.61 Å². The van der Waals surface area contributed by atoms with Crippen molar-refractivity contribution < 1.29 is 14.6 Å². The summed E-state index contributed by atoms with van der Waals surface area (Å²) in [5, 5.41) is 12.5. The van der Waals surface area contributed by atoms with Crippen LogP contribution in [0.5, 0.6) is 5.75 Å². The van der Waals surface area contributed by atoms with Crippen molar-refractivity contribution in [2.75, 3.05) is 12.4 Å². The monoisotopic (exact) mass is 271 g/mol. The van der Waals surface area contributed by atoms with Gasteiger partial charge in [-0.25, -0.2) is 0 Å². The number of carbonyl (C=O) groups excluding carboxylic acids is 1. The molecule has 0 saturated carbocycles. The molecule has 0 unspecified atom stereocenters. The van der Waals surface area contributed by atoms with Gasteiger partial charge in [-0.2, -0.15) is 0 Å². The first-order chi connectivity index (χ1) is 9.63. The predicted molar refractivity (Wildman–Crippen MR) is 78.0 cm³/mol. The number of rotatable bonds is 4. The number of carbonyl (C=O) groups is 1. The van der Waals surface area contributed by atoms with E-state index in [-0.39, 0.29) is 11.7 Å². The molecule has 0 bridgehead atoms. The summed E-state index contributed by atoms with van der Waals surface area (Å²) in [6.07, 6.45) is 0. The molecule has 20 heavy (non-hydrogen) atoms. The summed E-state index contributed by atoms with van der Waals surface area (Å²) in [6, 6.07) is 12.4. The molecule has 0 aliphatic carbocycles. The summed E-state index contributed by atoms with van der Waals surface area (Å²) >= 11 is 0. The molecule has 2 rings (SSSR count). The van der Waals surface area contributed by atoms with Crippen LogP contribution in [0.15, 0.2) is 42.5 Å². The number of hydrogen-bond donors (Lipinski definition) is 2. The number of phenols is 1. The van der Waals surface area contributed by atoms with Crippen LogP contribution >= 0.6 is 0 Å². The van der Waals surface area contributed by atoms with Crippen LogP contribution in [0.4, 0.5) is 5.69 Å². The Balaban J connectivity index is 2.26. The number of methoxy groups -OCH3 is 1. The van der Waals surface area contributed by atoms with Gasteiger partial charge in [0, 0.05) is 29.5 Å². The Morgan fingerprint density at radius 3 is 2.70 bits per heavy atom. The topological polar surface area (TPSA) is 58.6 Å². The quantitative estimate of drug-likeness (QED) is 0.898. The van der Waals surface area contributed by atoms with Gasteiger partial charge in [0.2, 0.25) is 0 Å². The first-order valence-corrected chi connectivity index (χ1v) is 6.30. The van der Waals surface area contributed by atoms with Crippen molar-refractivity contribution in [3.63, 3.8) is 0 Å². The Morgan fingerprint density at radius 2 is 1.95 bits per heavy atom. The normalized spacial score (nSPS) is 10.3. The van der Waals surface area contributed by atoms with Crippen LogP contribution in [0.3, 0.4) is 0 Å². The van der Waals surface area contributed by atoms with E-state index in [1.54, 1.807) is 32.2 Å². The summed E-state index contributed by atoms with van der Waals surface area (Å²) in [4.78, 5) is 12.3. The second-order valence-corrected chi connectivity index (χ2v) is 4.49. The van der Waals surface area contributed by atoms with Crippen molar-refractivity contribution in [2.45, 2.75) is 13.5 Å². The molecular formula is C16H17NO3. The first kappa shape index (κ1) is 14.1. The lowest BCUT2D eigenvalue weighted by Crippen LogP contribution is -2.14. The van der Waals surface area contributed by atoms with Crippen molar-refractivity contribution in [3.05, 3.63) is 59.2 Å². The zero-order valence-corrected chi connectivity index (χ0v) is 11.5. The van der Waals surface area contributed by atoms with E-state index >= 15 is 0 Å². The van der Waals surface area contributed by atoms with Gasteiger partial charge in [0.15, 0.2) is 0 Å². The third-order valence-corrected chi connectivity index (χ3v) is 3.12. The van der Waals surface area contributed by atoms with Crippen LogP contribution in [0.2, 0.25) is 0 Å². The average molecular weight is 271 g/mol. The Kier molecular flexibility index (Phi) is 4.38. The molecule has 0 aliphatic heterocycles. The number of aromatic hydroxyl groups is 1. The molecule has 104 valence electrons. The Hall–Kier alpha value is -2.33. The van der Waals surface area contributed by atoms with Gasteiger partial charge < -0.3 is 15.2 Å². The molecule has 0 saturated heterocycles. The largest absolute Gasteiger partial charge is 0.508 e. The summed E-state index contributed by atoms with van der Waals surface area (Å²) in [7, 11) is 1.61. The minimum Gasteiger partial charge on any atom is -0.508 e. The van der Waals surface area contributed by atoms with Gasteiger partial charge in [-0.1, -0.05) is 24.3 Å². The Morgan fingerprint density at radius 1 is 1.20 bits per heavy atom. The third kappa shape index (κ3) is 2.97. The second kappa shape index (κ2) is 6.21. The smallest absolute Gasteiger partial charge is 0.256 e. The van der Waals surface area contributed by atoms with Crippen molar-refractivity contribution in [1.82, 2.24) is 0 Å². The first-order valence-electron chi connectivity index (χ1n) is 6.30. The van der Waals surface area contributed by atoms with Gasteiger partial charge in [-0.3, -0.25) is 4.79 Å². The summed E-state index contributed by atoms with van der Waals surface area (Å²) in [5.41, 5.74) is 2.63. The van der Waals surface area contributed by atoms with E-state index in [4.69, 9.17) is 4.74 Å². The highest BCUT2D eigenvalue weighted by Crippen LogP contribution is 2.22. The van der Waals surface area contributed by atoms with Crippen LogP contribution in [0.25, 0.3) is 0 Å². The molecule has 0 aliphatic rings. The van der Waals surface area contributed by atoms with E-state index in [0.29, 0.717) is 23.4 Å². The van der Waals surface area contributed by atoms with Gasteiger partial charge in [-0.15, -0.1) is 0 Å². The third-order valence-electron chi connectivity index (χ3n) is 3.12. The number of anilines is 1. The van der Waals surface area contributed by atoms with E-state index in [9.17, 15) is 9.90 Å². The average Bonchev–Trinajstić information content (AvgIpc) is 2.44. The number of nitrogens with one attached hydrogen (secondary N) is 1. The fourth-order valence-electron chi connectivity index (χ4n) is 1.98. The number of hydrogen-bond acceptors (Lipinski definition) is 3. The molecule has 0 spiro atoms. The maximum Gasteiger partial charge on any atom is 0.256 e. The fraction of sp³-hybridized carbons (Fsp3) is 0.188.